The summed E-state index contributed by atoms with van der Waals surface area (Å²) < 4.78 is 33.9. The van der Waals surface area contributed by atoms with Crippen LogP contribution in [0.5, 0.6) is 5.75 Å². The molecule has 0 aromatic heterocycles. The van der Waals surface area contributed by atoms with E-state index in [1.165, 1.54) is 19.2 Å². The molecule has 0 saturated carbocycles. The van der Waals surface area contributed by atoms with E-state index in [2.05, 4.69) is 0 Å². The summed E-state index contributed by atoms with van der Waals surface area (Å²) in [4.78, 5) is 1.89. The van der Waals surface area contributed by atoms with E-state index < -0.39 is 5.82 Å². The van der Waals surface area contributed by atoms with E-state index in [1.807, 2.05) is 25.9 Å². The summed E-state index contributed by atoms with van der Waals surface area (Å²) in [6.45, 7) is 1.89. The van der Waals surface area contributed by atoms with Gasteiger partial charge in [0.05, 0.1) is 12.1 Å². The zero-order chi connectivity index (χ0) is 17.1. The minimum Gasteiger partial charge on any atom is -0.496 e. The van der Waals surface area contributed by atoms with Crippen LogP contribution >= 0.6 is 11.6 Å². The zero-order valence-corrected chi connectivity index (χ0v) is 14.4. The van der Waals surface area contributed by atoms with Gasteiger partial charge in [0.15, 0.2) is 0 Å². The summed E-state index contributed by atoms with van der Waals surface area (Å²) >= 11 is 5.83. The molecule has 5 heteroatoms. The molecule has 0 heterocycles. The molecule has 0 aliphatic rings. The van der Waals surface area contributed by atoms with Gasteiger partial charge in [-0.05, 0) is 44.3 Å². The van der Waals surface area contributed by atoms with Gasteiger partial charge in [0.25, 0.3) is 0 Å². The van der Waals surface area contributed by atoms with Crippen LogP contribution in [0.1, 0.15) is 29.7 Å². The summed E-state index contributed by atoms with van der Waals surface area (Å²) in [5.74, 6) is -0.341. The van der Waals surface area contributed by atoms with Gasteiger partial charge in [-0.3, -0.25) is 0 Å². The maximum Gasteiger partial charge on any atom is 0.145 e. The molecule has 0 fully saturated rings. The van der Waals surface area contributed by atoms with E-state index in [0.717, 1.165) is 5.56 Å². The number of halogens is 3. The third-order valence-electron chi connectivity index (χ3n) is 4.03. The van der Waals surface area contributed by atoms with Crippen LogP contribution in [0.2, 0.25) is 5.02 Å². The minimum atomic E-state index is -0.456. The first-order valence-corrected chi connectivity index (χ1v) is 7.69. The molecule has 0 saturated heterocycles. The van der Waals surface area contributed by atoms with Gasteiger partial charge in [-0.25, -0.2) is 8.78 Å². The van der Waals surface area contributed by atoms with Gasteiger partial charge in [-0.2, -0.15) is 0 Å². The zero-order valence-electron chi connectivity index (χ0n) is 13.7. The highest BCUT2D eigenvalue weighted by atomic mass is 35.5. The highest BCUT2D eigenvalue weighted by molar-refractivity contribution is 6.30. The molecule has 0 bridgehead atoms. The van der Waals surface area contributed by atoms with Crippen molar-refractivity contribution in [3.63, 3.8) is 0 Å². The average molecular weight is 340 g/mol. The summed E-state index contributed by atoms with van der Waals surface area (Å²) in [7, 11) is 5.23. The molecule has 2 aromatic rings. The summed E-state index contributed by atoms with van der Waals surface area (Å²) in [6, 6.07) is 7.71. The third-order valence-corrected chi connectivity index (χ3v) is 4.33. The average Bonchev–Trinajstić information content (AvgIpc) is 2.52. The molecular formula is C18H20ClF2NO. The monoisotopic (exact) mass is 339 g/mol. The highest BCUT2D eigenvalue weighted by Gasteiger charge is 2.22. The lowest BCUT2D eigenvalue weighted by Gasteiger charge is -2.24. The second kappa shape index (κ2) is 7.28. The topological polar surface area (TPSA) is 12.5 Å². The van der Waals surface area contributed by atoms with Gasteiger partial charge >= 0.3 is 0 Å². The van der Waals surface area contributed by atoms with Crippen LogP contribution in [0.15, 0.2) is 30.3 Å². The number of hydrogen-bond acceptors (Lipinski definition) is 2. The molecule has 0 radical (unpaired) electrons. The molecule has 0 N–H and O–H groups in total. The molecule has 2 rings (SSSR count). The SMILES string of the molecule is COc1c(Cc2cccc(Cl)c2F)ccc(F)c1C(C)N(C)C. The molecule has 0 aliphatic heterocycles. The van der Waals surface area contributed by atoms with Crippen molar-refractivity contribution in [2.24, 2.45) is 0 Å². The second-order valence-electron chi connectivity index (χ2n) is 5.68. The maximum atomic E-state index is 14.3. The van der Waals surface area contributed by atoms with Crippen molar-refractivity contribution in [2.75, 3.05) is 21.2 Å². The maximum absolute atomic E-state index is 14.3. The van der Waals surface area contributed by atoms with Crippen molar-refractivity contribution in [2.45, 2.75) is 19.4 Å². The van der Waals surface area contributed by atoms with Gasteiger partial charge in [0.2, 0.25) is 0 Å². The molecule has 2 aromatic carbocycles. The number of benzene rings is 2. The lowest BCUT2D eigenvalue weighted by Crippen LogP contribution is -2.19. The molecular weight excluding hydrogens is 320 g/mol. The first-order chi connectivity index (χ1) is 10.9. The Morgan fingerprint density at radius 2 is 1.83 bits per heavy atom. The normalized spacial score (nSPS) is 12.5. The van der Waals surface area contributed by atoms with Crippen LogP contribution in [-0.2, 0) is 6.42 Å². The number of rotatable bonds is 5. The fourth-order valence-corrected chi connectivity index (χ4v) is 2.73. The molecule has 0 aliphatic carbocycles. The van der Waals surface area contributed by atoms with E-state index in [-0.39, 0.29) is 23.3 Å². The largest absolute Gasteiger partial charge is 0.496 e. The Bertz CT molecular complexity index is 704. The Hall–Kier alpha value is -1.65. The van der Waals surface area contributed by atoms with Crippen molar-refractivity contribution < 1.29 is 13.5 Å². The lowest BCUT2D eigenvalue weighted by atomic mass is 9.97. The molecule has 0 amide bonds. The quantitative estimate of drug-likeness (QED) is 0.772. The van der Waals surface area contributed by atoms with Gasteiger partial charge in [-0.15, -0.1) is 0 Å². The van der Waals surface area contributed by atoms with E-state index in [1.54, 1.807) is 18.2 Å². The minimum absolute atomic E-state index is 0.0745. The van der Waals surface area contributed by atoms with Crippen molar-refractivity contribution in [3.05, 3.63) is 63.7 Å². The van der Waals surface area contributed by atoms with Crippen LogP contribution in [0.3, 0.4) is 0 Å². The molecule has 0 spiro atoms. The Morgan fingerprint density at radius 3 is 2.43 bits per heavy atom. The lowest BCUT2D eigenvalue weighted by molar-refractivity contribution is 0.298. The Kier molecular flexibility index (Phi) is 5.60. The van der Waals surface area contributed by atoms with Crippen LogP contribution in [0.25, 0.3) is 0 Å². The summed E-state index contributed by atoms with van der Waals surface area (Å²) in [6.07, 6.45) is 0.281. The van der Waals surface area contributed by atoms with Gasteiger partial charge < -0.3 is 9.64 Å². The fourth-order valence-electron chi connectivity index (χ4n) is 2.54. The number of nitrogens with zero attached hydrogens (tertiary/aromatic N) is 1. The Labute approximate surface area is 140 Å². The fraction of sp³-hybridized carbons (Fsp3) is 0.333. The molecule has 1 unspecified atom stereocenters. The van der Waals surface area contributed by atoms with Gasteiger partial charge in [0, 0.05) is 18.0 Å². The predicted molar refractivity (Wildman–Crippen MR) is 89.3 cm³/mol. The molecule has 1 atom stereocenters. The standard InChI is InChI=1S/C18H20ClF2NO/c1-11(22(2)3)16-15(20)9-8-13(18(16)23-4)10-12-6-5-7-14(19)17(12)21/h5-9,11H,10H2,1-4H3. The van der Waals surface area contributed by atoms with E-state index >= 15 is 0 Å². The smallest absolute Gasteiger partial charge is 0.145 e. The van der Waals surface area contributed by atoms with Crippen molar-refractivity contribution >= 4 is 11.6 Å². The van der Waals surface area contributed by atoms with Crippen LogP contribution in [0.4, 0.5) is 8.78 Å². The first-order valence-electron chi connectivity index (χ1n) is 7.31. The van der Waals surface area contributed by atoms with Crippen LogP contribution in [0, 0.1) is 11.6 Å². The summed E-state index contributed by atoms with van der Waals surface area (Å²) in [5, 5.41) is 0.0745. The van der Waals surface area contributed by atoms with Crippen molar-refractivity contribution in [1.82, 2.24) is 4.90 Å². The third kappa shape index (κ3) is 3.65. The second-order valence-corrected chi connectivity index (χ2v) is 6.09. The Morgan fingerprint density at radius 1 is 1.13 bits per heavy atom. The first kappa shape index (κ1) is 17.7. The van der Waals surface area contributed by atoms with Gasteiger partial charge in [0.1, 0.15) is 17.4 Å². The molecule has 2 nitrogen and oxygen atoms in total. The predicted octanol–water partition coefficient (Wildman–Crippen LogP) is 4.84. The van der Waals surface area contributed by atoms with Crippen molar-refractivity contribution in [3.8, 4) is 5.75 Å². The van der Waals surface area contributed by atoms with Crippen LogP contribution in [-0.4, -0.2) is 26.1 Å². The van der Waals surface area contributed by atoms with Crippen LogP contribution < -0.4 is 4.74 Å². The van der Waals surface area contributed by atoms with Crippen molar-refractivity contribution in [1.29, 1.82) is 0 Å². The Balaban J connectivity index is 2.51. The number of ether oxygens (including phenoxy) is 1. The molecule has 23 heavy (non-hydrogen) atoms. The highest BCUT2D eigenvalue weighted by Crippen LogP contribution is 2.35. The summed E-state index contributed by atoms with van der Waals surface area (Å²) in [5.41, 5.74) is 1.64. The van der Waals surface area contributed by atoms with Gasteiger partial charge in [-0.1, -0.05) is 29.8 Å². The molecule has 124 valence electrons. The van der Waals surface area contributed by atoms with E-state index in [4.69, 9.17) is 16.3 Å². The number of methoxy groups -OCH3 is 1. The number of hydrogen-bond donors (Lipinski definition) is 0. The van der Waals surface area contributed by atoms with E-state index in [0.29, 0.717) is 16.9 Å². The van der Waals surface area contributed by atoms with E-state index in [9.17, 15) is 8.78 Å².